The van der Waals surface area contributed by atoms with E-state index in [0.29, 0.717) is 17.6 Å². The fourth-order valence-electron chi connectivity index (χ4n) is 10.1. The molecular formula is C58H36N4O. The van der Waals surface area contributed by atoms with E-state index in [1.165, 1.54) is 11.1 Å². The van der Waals surface area contributed by atoms with Gasteiger partial charge in [-0.05, 0) is 92.5 Å². The Bertz CT molecular complexity index is 3670. The fraction of sp³-hybridized carbons (Fsp3) is 0.0172. The molecule has 0 spiro atoms. The number of furan rings is 1. The lowest BCUT2D eigenvalue weighted by atomic mass is 9.71. The number of hydrogen-bond acceptors (Lipinski definition) is 4. The maximum atomic E-state index is 6.46. The van der Waals surface area contributed by atoms with Gasteiger partial charge in [-0.1, -0.05) is 176 Å². The van der Waals surface area contributed by atoms with Crippen LogP contribution >= 0.6 is 0 Å². The normalized spacial score (nSPS) is 12.9. The minimum atomic E-state index is -0.922. The Labute approximate surface area is 363 Å². The predicted octanol–water partition coefficient (Wildman–Crippen LogP) is 14.2. The van der Waals surface area contributed by atoms with Crippen LogP contribution in [-0.4, -0.2) is 19.5 Å². The van der Waals surface area contributed by atoms with Crippen LogP contribution in [0.1, 0.15) is 22.5 Å². The molecule has 294 valence electrons. The van der Waals surface area contributed by atoms with Crippen molar-refractivity contribution in [1.29, 1.82) is 0 Å². The summed E-state index contributed by atoms with van der Waals surface area (Å²) in [4.78, 5) is 16.8. The van der Waals surface area contributed by atoms with Crippen LogP contribution in [0.4, 0.5) is 0 Å². The van der Waals surface area contributed by atoms with Crippen LogP contribution in [0.2, 0.25) is 0 Å². The van der Waals surface area contributed by atoms with Crippen LogP contribution in [0.15, 0.2) is 223 Å². The van der Waals surface area contributed by atoms with Gasteiger partial charge in [0.15, 0.2) is 11.6 Å². The van der Waals surface area contributed by atoms with Gasteiger partial charge >= 0.3 is 0 Å². The molecule has 3 heterocycles. The molecule has 0 amide bonds. The average Bonchev–Trinajstić information content (AvgIpc) is 4.00. The highest BCUT2D eigenvalue weighted by Gasteiger charge is 2.49. The number of nitrogens with zero attached hydrogens (tertiary/aromatic N) is 4. The zero-order chi connectivity index (χ0) is 41.5. The van der Waals surface area contributed by atoms with Gasteiger partial charge in [0.25, 0.3) is 0 Å². The molecule has 0 saturated carbocycles. The monoisotopic (exact) mass is 804 g/mol. The van der Waals surface area contributed by atoms with Gasteiger partial charge in [-0.15, -0.1) is 0 Å². The Kier molecular flexibility index (Phi) is 7.75. The second-order valence-electron chi connectivity index (χ2n) is 16.3. The predicted molar refractivity (Wildman–Crippen MR) is 255 cm³/mol. The first-order chi connectivity index (χ1) is 31.2. The lowest BCUT2D eigenvalue weighted by Crippen LogP contribution is -2.32. The molecule has 0 radical (unpaired) electrons. The van der Waals surface area contributed by atoms with E-state index in [4.69, 9.17) is 19.4 Å². The van der Waals surface area contributed by atoms with Crippen LogP contribution < -0.4 is 0 Å². The first kappa shape index (κ1) is 35.4. The van der Waals surface area contributed by atoms with Gasteiger partial charge in [0.05, 0.1) is 11.0 Å². The van der Waals surface area contributed by atoms with Gasteiger partial charge in [-0.25, -0.2) is 4.98 Å². The lowest BCUT2D eigenvalue weighted by Gasteiger charge is -2.32. The van der Waals surface area contributed by atoms with Crippen LogP contribution in [0.3, 0.4) is 0 Å². The van der Waals surface area contributed by atoms with Gasteiger partial charge in [0, 0.05) is 27.1 Å². The third-order valence-corrected chi connectivity index (χ3v) is 12.9. The molecule has 12 aromatic rings. The molecule has 1 aliphatic carbocycles. The number of rotatable bonds is 6. The average molecular weight is 805 g/mol. The van der Waals surface area contributed by atoms with E-state index in [1.807, 2.05) is 18.2 Å². The molecule has 0 aliphatic heterocycles. The van der Waals surface area contributed by atoms with E-state index in [2.05, 4.69) is 205 Å². The second-order valence-corrected chi connectivity index (χ2v) is 16.3. The maximum absolute atomic E-state index is 6.46. The quantitative estimate of drug-likeness (QED) is 0.168. The molecule has 13 rings (SSSR count). The molecule has 0 atom stereocenters. The highest BCUT2D eigenvalue weighted by atomic mass is 16.3. The smallest absolute Gasteiger partial charge is 0.238 e. The topological polar surface area (TPSA) is 56.7 Å². The fourth-order valence-corrected chi connectivity index (χ4v) is 10.1. The lowest BCUT2D eigenvalue weighted by molar-refractivity contribution is 0.668. The van der Waals surface area contributed by atoms with Crippen molar-refractivity contribution >= 4 is 43.7 Å². The zero-order valence-electron chi connectivity index (χ0n) is 34.0. The van der Waals surface area contributed by atoms with Crippen LogP contribution in [-0.2, 0) is 5.41 Å². The molecule has 1 aliphatic rings. The third kappa shape index (κ3) is 5.33. The zero-order valence-corrected chi connectivity index (χ0v) is 34.0. The molecule has 5 heteroatoms. The Morgan fingerprint density at radius 2 is 0.921 bits per heavy atom. The summed E-state index contributed by atoms with van der Waals surface area (Å²) in [5.74, 6) is 1.75. The number of fused-ring (bicyclic) bond motifs is 9. The van der Waals surface area contributed by atoms with Crippen molar-refractivity contribution in [3.05, 3.63) is 241 Å². The molecule has 9 aromatic carbocycles. The largest absolute Gasteiger partial charge is 0.456 e. The second kappa shape index (κ2) is 13.8. The molecule has 0 fully saturated rings. The number of hydrogen-bond donors (Lipinski definition) is 0. The Balaban J connectivity index is 1.12. The first-order valence-corrected chi connectivity index (χ1v) is 21.3. The van der Waals surface area contributed by atoms with E-state index >= 15 is 0 Å². The third-order valence-electron chi connectivity index (χ3n) is 12.9. The summed E-state index contributed by atoms with van der Waals surface area (Å²) in [6, 6.07) is 77.3. The summed E-state index contributed by atoms with van der Waals surface area (Å²) >= 11 is 0. The Hall–Kier alpha value is -8.41. The number of aromatic nitrogens is 4. The van der Waals surface area contributed by atoms with Crippen LogP contribution in [0.25, 0.3) is 94.5 Å². The number of benzene rings is 9. The van der Waals surface area contributed by atoms with E-state index in [0.717, 1.165) is 88.3 Å². The Morgan fingerprint density at radius 1 is 0.365 bits per heavy atom. The van der Waals surface area contributed by atoms with Crippen molar-refractivity contribution < 1.29 is 4.42 Å². The molecule has 0 bridgehead atoms. The molecule has 0 saturated heterocycles. The van der Waals surface area contributed by atoms with E-state index < -0.39 is 5.41 Å². The Morgan fingerprint density at radius 3 is 1.65 bits per heavy atom. The van der Waals surface area contributed by atoms with E-state index in [-0.39, 0.29) is 0 Å². The van der Waals surface area contributed by atoms with Gasteiger partial charge in [-0.2, -0.15) is 9.97 Å². The summed E-state index contributed by atoms with van der Waals surface area (Å²) < 4.78 is 8.66. The minimum Gasteiger partial charge on any atom is -0.456 e. The highest BCUT2D eigenvalue weighted by Crippen LogP contribution is 2.56. The molecular weight excluding hydrogens is 769 g/mol. The standard InChI is InChI=1S/C58H36N4O/c1-2-16-37(17-3-1)38-18-14-19-39(34-38)40-20-15-21-42(35-40)58(49-27-9-4-22-43(49)44-23-5-10-28-50(44)58)56-59-55(41-32-33-48-47-26-8-13-31-53(47)63-54(48)36-41)60-57(61-56)62-51-29-11-6-24-45(51)46-25-7-12-30-52(46)62/h1-36H. The summed E-state index contributed by atoms with van der Waals surface area (Å²) in [6.45, 7) is 0. The van der Waals surface area contributed by atoms with Crippen LogP contribution in [0.5, 0.6) is 0 Å². The van der Waals surface area contributed by atoms with Crippen molar-refractivity contribution in [3.8, 4) is 50.7 Å². The van der Waals surface area contributed by atoms with Gasteiger partial charge < -0.3 is 4.42 Å². The molecule has 0 N–H and O–H groups in total. The van der Waals surface area contributed by atoms with Crippen molar-refractivity contribution in [3.63, 3.8) is 0 Å². The molecule has 63 heavy (non-hydrogen) atoms. The summed E-state index contributed by atoms with van der Waals surface area (Å²) in [6.07, 6.45) is 0. The summed E-state index contributed by atoms with van der Waals surface area (Å²) in [5.41, 5.74) is 13.8. The summed E-state index contributed by atoms with van der Waals surface area (Å²) in [7, 11) is 0. The van der Waals surface area contributed by atoms with Gasteiger partial charge in [-0.3, -0.25) is 4.57 Å². The maximum Gasteiger partial charge on any atom is 0.238 e. The molecule has 5 nitrogen and oxygen atoms in total. The first-order valence-electron chi connectivity index (χ1n) is 21.3. The minimum absolute atomic E-state index is 0.546. The number of para-hydroxylation sites is 3. The highest BCUT2D eigenvalue weighted by molar-refractivity contribution is 6.09. The van der Waals surface area contributed by atoms with Crippen molar-refractivity contribution in [2.45, 2.75) is 5.41 Å². The SMILES string of the molecule is c1ccc(-c2cccc(-c3cccc(C4(c5nc(-c6ccc7c(c6)oc6ccccc67)nc(-n6c7ccccc7c7ccccc76)n5)c5ccccc5-c5ccccc54)c3)c2)cc1. The van der Waals surface area contributed by atoms with Crippen molar-refractivity contribution in [2.75, 3.05) is 0 Å². The van der Waals surface area contributed by atoms with E-state index in [1.54, 1.807) is 0 Å². The van der Waals surface area contributed by atoms with E-state index in [9.17, 15) is 0 Å². The van der Waals surface area contributed by atoms with Gasteiger partial charge in [0.2, 0.25) is 5.95 Å². The molecule has 3 aromatic heterocycles. The summed E-state index contributed by atoms with van der Waals surface area (Å²) in [5, 5.41) is 4.40. The molecule has 0 unspecified atom stereocenters. The van der Waals surface area contributed by atoms with Crippen molar-refractivity contribution in [1.82, 2.24) is 19.5 Å². The van der Waals surface area contributed by atoms with Gasteiger partial charge in [0.1, 0.15) is 16.6 Å². The van der Waals surface area contributed by atoms with Crippen molar-refractivity contribution in [2.24, 2.45) is 0 Å². The van der Waals surface area contributed by atoms with Crippen LogP contribution in [0, 0.1) is 0 Å².